The Hall–Kier alpha value is -0.570. The first kappa shape index (κ1) is 12.5. The smallest absolute Gasteiger partial charge is 0.322 e. The number of ether oxygens (including phenoxy) is 1. The lowest BCUT2D eigenvalue weighted by Gasteiger charge is -2.36. The zero-order valence-corrected chi connectivity index (χ0v) is 10.3. The second-order valence-electron chi connectivity index (χ2n) is 5.37. The molecule has 0 aromatic carbocycles. The highest BCUT2D eigenvalue weighted by atomic mass is 16.5. The van der Waals surface area contributed by atoms with Crippen molar-refractivity contribution in [3.63, 3.8) is 0 Å². The first-order chi connectivity index (χ1) is 6.94. The van der Waals surface area contributed by atoms with Crippen LogP contribution in [0.3, 0.4) is 0 Å². The lowest BCUT2D eigenvalue weighted by Crippen LogP contribution is -2.45. The van der Waals surface area contributed by atoms with Gasteiger partial charge < -0.3 is 10.1 Å². The van der Waals surface area contributed by atoms with Crippen molar-refractivity contribution in [2.24, 2.45) is 5.41 Å². The van der Waals surface area contributed by atoms with Gasteiger partial charge in [-0.2, -0.15) is 0 Å². The van der Waals surface area contributed by atoms with E-state index in [9.17, 15) is 4.79 Å². The van der Waals surface area contributed by atoms with Gasteiger partial charge in [-0.15, -0.1) is 0 Å². The molecule has 0 saturated heterocycles. The molecular formula is C12H23NO2. The summed E-state index contributed by atoms with van der Waals surface area (Å²) in [7, 11) is 1.44. The van der Waals surface area contributed by atoms with E-state index in [4.69, 9.17) is 4.74 Å². The third-order valence-electron chi connectivity index (χ3n) is 3.25. The molecule has 3 heteroatoms. The van der Waals surface area contributed by atoms with Crippen molar-refractivity contribution in [2.75, 3.05) is 7.11 Å². The maximum Gasteiger partial charge on any atom is 0.322 e. The zero-order valence-electron chi connectivity index (χ0n) is 10.3. The zero-order chi connectivity index (χ0) is 11.5. The summed E-state index contributed by atoms with van der Waals surface area (Å²) in [6, 6.07) is 0.275. The van der Waals surface area contributed by atoms with Crippen molar-refractivity contribution < 1.29 is 9.53 Å². The van der Waals surface area contributed by atoms with Crippen molar-refractivity contribution in [3.05, 3.63) is 0 Å². The third kappa shape index (κ3) is 3.82. The fourth-order valence-corrected chi connectivity index (χ4v) is 2.44. The van der Waals surface area contributed by atoms with Gasteiger partial charge in [-0.1, -0.05) is 20.3 Å². The van der Waals surface area contributed by atoms with Gasteiger partial charge in [0, 0.05) is 6.04 Å². The van der Waals surface area contributed by atoms with Gasteiger partial charge in [0.2, 0.25) is 0 Å². The number of carbonyl (C=O) groups is 1. The van der Waals surface area contributed by atoms with Gasteiger partial charge >= 0.3 is 5.97 Å². The van der Waals surface area contributed by atoms with Crippen LogP contribution in [0.1, 0.15) is 46.5 Å². The van der Waals surface area contributed by atoms with E-state index >= 15 is 0 Å². The van der Waals surface area contributed by atoms with Crippen molar-refractivity contribution in [1.82, 2.24) is 5.32 Å². The number of carbonyl (C=O) groups excluding carboxylic acids is 1. The Morgan fingerprint density at radius 3 is 2.73 bits per heavy atom. The molecule has 15 heavy (non-hydrogen) atoms. The van der Waals surface area contributed by atoms with Crippen LogP contribution in [0.15, 0.2) is 0 Å². The van der Waals surface area contributed by atoms with Crippen molar-refractivity contribution in [2.45, 2.75) is 58.5 Å². The number of hydrogen-bond donors (Lipinski definition) is 1. The van der Waals surface area contributed by atoms with Gasteiger partial charge in [-0.25, -0.2) is 0 Å². The van der Waals surface area contributed by atoms with E-state index < -0.39 is 0 Å². The third-order valence-corrected chi connectivity index (χ3v) is 3.25. The molecular weight excluding hydrogens is 190 g/mol. The van der Waals surface area contributed by atoms with Crippen LogP contribution in [0, 0.1) is 5.41 Å². The molecule has 0 bridgehead atoms. The fraction of sp³-hybridized carbons (Fsp3) is 0.917. The highest BCUT2D eigenvalue weighted by Gasteiger charge is 2.29. The molecule has 2 atom stereocenters. The fourth-order valence-electron chi connectivity index (χ4n) is 2.44. The summed E-state index contributed by atoms with van der Waals surface area (Å²) in [4.78, 5) is 11.3. The molecule has 0 aromatic rings. The van der Waals surface area contributed by atoms with Crippen LogP contribution in [-0.4, -0.2) is 25.2 Å². The topological polar surface area (TPSA) is 38.3 Å². The van der Waals surface area contributed by atoms with Gasteiger partial charge in [0.25, 0.3) is 0 Å². The molecule has 0 amide bonds. The van der Waals surface area contributed by atoms with Crippen LogP contribution in [0.25, 0.3) is 0 Å². The second kappa shape index (κ2) is 4.97. The Bertz CT molecular complexity index is 226. The van der Waals surface area contributed by atoms with E-state index in [2.05, 4.69) is 19.2 Å². The Balaban J connectivity index is 2.41. The van der Waals surface area contributed by atoms with Crippen LogP contribution in [0.4, 0.5) is 0 Å². The molecule has 0 radical (unpaired) electrons. The molecule has 1 aliphatic carbocycles. The molecule has 1 aliphatic rings. The molecule has 1 fully saturated rings. The molecule has 1 N–H and O–H groups in total. The molecule has 1 rings (SSSR count). The largest absolute Gasteiger partial charge is 0.468 e. The Morgan fingerprint density at radius 1 is 1.53 bits per heavy atom. The van der Waals surface area contributed by atoms with Crippen molar-refractivity contribution >= 4 is 5.97 Å². The van der Waals surface area contributed by atoms with E-state index in [1.165, 1.54) is 26.4 Å². The van der Waals surface area contributed by atoms with Gasteiger partial charge in [0.05, 0.1) is 7.11 Å². The van der Waals surface area contributed by atoms with Crippen LogP contribution < -0.4 is 5.32 Å². The number of hydrogen-bond acceptors (Lipinski definition) is 3. The van der Waals surface area contributed by atoms with Crippen molar-refractivity contribution in [3.8, 4) is 0 Å². The molecule has 88 valence electrons. The summed E-state index contributed by atoms with van der Waals surface area (Å²) in [6.45, 7) is 6.46. The average molecular weight is 213 g/mol. The first-order valence-corrected chi connectivity index (χ1v) is 5.78. The Morgan fingerprint density at radius 2 is 2.20 bits per heavy atom. The lowest BCUT2D eigenvalue weighted by atomic mass is 9.75. The molecule has 2 unspecified atom stereocenters. The van der Waals surface area contributed by atoms with E-state index in [0.717, 1.165) is 6.42 Å². The van der Waals surface area contributed by atoms with Crippen LogP contribution >= 0.6 is 0 Å². The van der Waals surface area contributed by atoms with Gasteiger partial charge in [-0.3, -0.25) is 4.79 Å². The summed E-state index contributed by atoms with van der Waals surface area (Å²) in [5.41, 5.74) is 0.408. The monoisotopic (exact) mass is 213 g/mol. The highest BCUT2D eigenvalue weighted by Crippen LogP contribution is 2.35. The van der Waals surface area contributed by atoms with Crippen LogP contribution in [0.2, 0.25) is 0 Å². The molecule has 0 spiro atoms. The summed E-state index contributed by atoms with van der Waals surface area (Å²) < 4.78 is 4.70. The molecule has 0 heterocycles. The van der Waals surface area contributed by atoms with E-state index in [1.807, 2.05) is 6.92 Å². The molecule has 3 nitrogen and oxygen atoms in total. The predicted molar refractivity (Wildman–Crippen MR) is 60.7 cm³/mol. The van der Waals surface area contributed by atoms with Gasteiger partial charge in [0.15, 0.2) is 0 Å². The quantitative estimate of drug-likeness (QED) is 0.730. The van der Waals surface area contributed by atoms with Gasteiger partial charge in [0.1, 0.15) is 6.04 Å². The van der Waals surface area contributed by atoms with Crippen LogP contribution in [0.5, 0.6) is 0 Å². The summed E-state index contributed by atoms with van der Waals surface area (Å²) >= 11 is 0. The Kier molecular flexibility index (Phi) is 4.14. The standard InChI is InChI=1S/C12H23NO2/c1-9(11(14)15-4)13-10-6-5-7-12(2,3)8-10/h9-10,13H,5-8H2,1-4H3. The maximum atomic E-state index is 11.3. The minimum Gasteiger partial charge on any atom is -0.468 e. The first-order valence-electron chi connectivity index (χ1n) is 5.78. The number of methoxy groups -OCH3 is 1. The average Bonchev–Trinajstić information content (AvgIpc) is 2.14. The van der Waals surface area contributed by atoms with E-state index in [-0.39, 0.29) is 12.0 Å². The number of nitrogens with one attached hydrogen (secondary N) is 1. The minimum absolute atomic E-state index is 0.168. The lowest BCUT2D eigenvalue weighted by molar-refractivity contribution is -0.143. The molecule has 1 saturated carbocycles. The highest BCUT2D eigenvalue weighted by molar-refractivity contribution is 5.75. The summed E-state index contributed by atoms with van der Waals surface area (Å²) in [5, 5.41) is 3.35. The SMILES string of the molecule is COC(=O)C(C)NC1CCCC(C)(C)C1. The van der Waals surface area contributed by atoms with E-state index in [1.54, 1.807) is 0 Å². The van der Waals surface area contributed by atoms with E-state index in [0.29, 0.717) is 11.5 Å². The number of esters is 1. The maximum absolute atomic E-state index is 11.3. The summed E-state index contributed by atoms with van der Waals surface area (Å²) in [6.07, 6.45) is 4.86. The Labute approximate surface area is 92.6 Å². The van der Waals surface area contributed by atoms with Crippen LogP contribution in [-0.2, 0) is 9.53 Å². The number of rotatable bonds is 3. The minimum atomic E-state index is -0.186. The van der Waals surface area contributed by atoms with Crippen molar-refractivity contribution in [1.29, 1.82) is 0 Å². The van der Waals surface area contributed by atoms with Gasteiger partial charge in [-0.05, 0) is 31.6 Å². The molecule has 0 aromatic heterocycles. The summed E-state index contributed by atoms with van der Waals surface area (Å²) in [5.74, 6) is -0.168. The second-order valence-corrected chi connectivity index (χ2v) is 5.37. The normalized spacial score (nSPS) is 27.1. The predicted octanol–water partition coefficient (Wildman–Crippen LogP) is 2.11. The molecule has 0 aliphatic heterocycles.